The fourth-order valence-electron chi connectivity index (χ4n) is 4.07. The Labute approximate surface area is 197 Å². The zero-order valence-electron chi connectivity index (χ0n) is 20.4. The molecule has 5 heteroatoms. The van der Waals surface area contributed by atoms with Crippen LogP contribution in [0.15, 0.2) is 72.3 Å². The molecule has 0 unspecified atom stereocenters. The Hall–Kier alpha value is -3.15. The van der Waals surface area contributed by atoms with Gasteiger partial charge in [0.15, 0.2) is 5.71 Å². The van der Waals surface area contributed by atoms with Crippen LogP contribution in [0.4, 0.5) is 11.4 Å². The standard InChI is InChI=1S/C28H36N3O2/c1-21-20-26(31(16-18-32)17-19-33)14-15-27(21)28(22-6-10-24(11-7-22)29(2)3)23-8-12-25(13-9-23)30(4)5/h6-15,20,32-33H,16-19H2,1-5H3/q+1. The summed E-state index contributed by atoms with van der Waals surface area (Å²) in [6.07, 6.45) is 8.66. The molecule has 2 aromatic rings. The number of nitrogens with zero attached hydrogens (tertiary/aromatic N) is 3. The van der Waals surface area contributed by atoms with Gasteiger partial charge in [-0.3, -0.25) is 0 Å². The zero-order chi connectivity index (χ0) is 24.0. The first-order chi connectivity index (χ1) is 15.8. The molecule has 0 fully saturated rings. The highest BCUT2D eigenvalue weighted by molar-refractivity contribution is 6.04. The molecule has 0 amide bonds. The number of rotatable bonds is 8. The molecule has 0 aliphatic heterocycles. The van der Waals surface area contributed by atoms with Gasteiger partial charge in [-0.25, -0.2) is 4.58 Å². The van der Waals surface area contributed by atoms with Gasteiger partial charge in [0.2, 0.25) is 0 Å². The van der Waals surface area contributed by atoms with Gasteiger partial charge in [0.05, 0.1) is 13.2 Å². The van der Waals surface area contributed by atoms with Crippen LogP contribution >= 0.6 is 0 Å². The predicted molar refractivity (Wildman–Crippen MR) is 140 cm³/mol. The summed E-state index contributed by atoms with van der Waals surface area (Å²) in [6, 6.07) is 15.0. The number of allylic oxidation sites excluding steroid dienone is 5. The number of aliphatic hydroxyl groups excluding tert-OH is 2. The molecule has 0 heterocycles. The molecule has 0 saturated heterocycles. The third-order valence-electron chi connectivity index (χ3n) is 5.93. The third kappa shape index (κ3) is 5.81. The van der Waals surface area contributed by atoms with Crippen molar-refractivity contribution in [2.45, 2.75) is 6.92 Å². The van der Waals surface area contributed by atoms with Crippen molar-refractivity contribution >= 4 is 22.7 Å². The van der Waals surface area contributed by atoms with Crippen LogP contribution < -0.4 is 9.80 Å². The van der Waals surface area contributed by atoms with Crippen LogP contribution in [0.2, 0.25) is 0 Å². The van der Waals surface area contributed by atoms with Gasteiger partial charge in [-0.15, -0.1) is 0 Å². The van der Waals surface area contributed by atoms with E-state index >= 15 is 0 Å². The summed E-state index contributed by atoms with van der Waals surface area (Å²) in [5, 5.41) is 18.8. The lowest BCUT2D eigenvalue weighted by molar-refractivity contribution is -0.462. The van der Waals surface area contributed by atoms with Gasteiger partial charge in [0.25, 0.3) is 0 Å². The summed E-state index contributed by atoms with van der Waals surface area (Å²) in [5.41, 5.74) is 9.16. The molecule has 33 heavy (non-hydrogen) atoms. The highest BCUT2D eigenvalue weighted by atomic mass is 16.3. The summed E-state index contributed by atoms with van der Waals surface area (Å²) in [4.78, 5) is 4.11. The van der Waals surface area contributed by atoms with Crippen LogP contribution in [0.1, 0.15) is 16.7 Å². The van der Waals surface area contributed by atoms with Crippen molar-refractivity contribution in [3.63, 3.8) is 0 Å². The number of anilines is 2. The first kappa shape index (κ1) is 24.5. The molecule has 0 saturated carbocycles. The minimum absolute atomic E-state index is 0.0502. The van der Waals surface area contributed by atoms with Gasteiger partial charge in [-0.1, -0.05) is 18.2 Å². The highest BCUT2D eigenvalue weighted by Crippen LogP contribution is 2.34. The second-order valence-corrected chi connectivity index (χ2v) is 8.69. The lowest BCUT2D eigenvalue weighted by atomic mass is 9.88. The number of hydrogen-bond donors (Lipinski definition) is 2. The first-order valence-corrected chi connectivity index (χ1v) is 11.4. The molecule has 5 nitrogen and oxygen atoms in total. The average molecular weight is 447 g/mol. The maximum atomic E-state index is 9.42. The Morgan fingerprint density at radius 3 is 1.88 bits per heavy atom. The molecular formula is C28H36N3O2+. The van der Waals surface area contributed by atoms with E-state index in [2.05, 4.69) is 83.2 Å². The van der Waals surface area contributed by atoms with Crippen molar-refractivity contribution < 1.29 is 14.8 Å². The maximum absolute atomic E-state index is 9.42. The Bertz CT molecular complexity index is 1060. The van der Waals surface area contributed by atoms with E-state index in [1.54, 1.807) is 0 Å². The van der Waals surface area contributed by atoms with E-state index in [-0.39, 0.29) is 13.2 Å². The van der Waals surface area contributed by atoms with E-state index < -0.39 is 0 Å². The lowest BCUT2D eigenvalue weighted by Gasteiger charge is -2.25. The molecule has 174 valence electrons. The fourth-order valence-corrected chi connectivity index (χ4v) is 4.07. The number of benzene rings is 2. The molecule has 0 bridgehead atoms. The molecule has 1 aliphatic rings. The Kier molecular flexibility index (Phi) is 8.26. The number of hydrogen-bond acceptors (Lipinski definition) is 4. The number of aryl methyl sites for hydroxylation is 1. The minimum Gasteiger partial charge on any atom is -0.395 e. The van der Waals surface area contributed by atoms with Gasteiger partial charge in [-0.05, 0) is 71.2 Å². The van der Waals surface area contributed by atoms with Crippen LogP contribution in [0.3, 0.4) is 0 Å². The lowest BCUT2D eigenvalue weighted by Crippen LogP contribution is -2.29. The fraction of sp³-hybridized carbons (Fsp3) is 0.321. The van der Waals surface area contributed by atoms with Crippen molar-refractivity contribution in [2.24, 2.45) is 0 Å². The molecular weight excluding hydrogens is 410 g/mol. The third-order valence-corrected chi connectivity index (χ3v) is 5.93. The topological polar surface area (TPSA) is 50.0 Å². The van der Waals surface area contributed by atoms with E-state index in [0.717, 1.165) is 33.8 Å². The van der Waals surface area contributed by atoms with E-state index in [1.807, 2.05) is 33.1 Å². The van der Waals surface area contributed by atoms with Crippen molar-refractivity contribution in [1.29, 1.82) is 0 Å². The van der Waals surface area contributed by atoms with E-state index in [4.69, 9.17) is 0 Å². The molecule has 0 atom stereocenters. The molecule has 2 N–H and O–H groups in total. The van der Waals surface area contributed by atoms with Crippen molar-refractivity contribution in [3.05, 3.63) is 89.0 Å². The summed E-state index contributed by atoms with van der Waals surface area (Å²) in [5.74, 6) is 0. The van der Waals surface area contributed by atoms with Crippen LogP contribution in [-0.4, -0.2) is 75.0 Å². The second-order valence-electron chi connectivity index (χ2n) is 8.69. The van der Waals surface area contributed by atoms with Gasteiger partial charge in [0.1, 0.15) is 14.1 Å². The first-order valence-electron chi connectivity index (χ1n) is 11.4. The molecule has 2 aromatic carbocycles. The van der Waals surface area contributed by atoms with Crippen molar-refractivity contribution in [2.75, 3.05) is 64.3 Å². The zero-order valence-corrected chi connectivity index (χ0v) is 20.4. The van der Waals surface area contributed by atoms with Crippen LogP contribution in [0.25, 0.3) is 5.57 Å². The molecule has 0 aromatic heterocycles. The normalized spacial score (nSPS) is 12.8. The van der Waals surface area contributed by atoms with E-state index in [1.165, 1.54) is 11.1 Å². The smallest absolute Gasteiger partial charge is 0.199 e. The Morgan fingerprint density at radius 2 is 1.39 bits per heavy atom. The van der Waals surface area contributed by atoms with Gasteiger partial charge in [0, 0.05) is 50.7 Å². The summed E-state index contributed by atoms with van der Waals surface area (Å²) >= 11 is 0. The maximum Gasteiger partial charge on any atom is 0.199 e. The van der Waals surface area contributed by atoms with Crippen LogP contribution in [0.5, 0.6) is 0 Å². The number of aliphatic hydroxyl groups is 2. The average Bonchev–Trinajstić information content (AvgIpc) is 2.81. The van der Waals surface area contributed by atoms with Gasteiger partial charge >= 0.3 is 0 Å². The van der Waals surface area contributed by atoms with Crippen molar-refractivity contribution in [1.82, 2.24) is 0 Å². The highest BCUT2D eigenvalue weighted by Gasteiger charge is 2.16. The molecule has 3 rings (SSSR count). The van der Waals surface area contributed by atoms with Crippen LogP contribution in [-0.2, 0) is 0 Å². The summed E-state index contributed by atoms with van der Waals surface area (Å²) in [7, 11) is 8.19. The largest absolute Gasteiger partial charge is 0.395 e. The molecule has 0 spiro atoms. The molecule has 0 radical (unpaired) electrons. The predicted octanol–water partition coefficient (Wildman–Crippen LogP) is 3.49. The van der Waals surface area contributed by atoms with Gasteiger partial charge < -0.3 is 20.0 Å². The quantitative estimate of drug-likeness (QED) is 0.610. The van der Waals surface area contributed by atoms with E-state index in [9.17, 15) is 10.2 Å². The minimum atomic E-state index is 0.0502. The summed E-state index contributed by atoms with van der Waals surface area (Å²) < 4.78 is 2.10. The summed E-state index contributed by atoms with van der Waals surface area (Å²) in [6.45, 7) is 3.21. The van der Waals surface area contributed by atoms with Crippen molar-refractivity contribution in [3.8, 4) is 0 Å². The Morgan fingerprint density at radius 1 is 0.818 bits per heavy atom. The van der Waals surface area contributed by atoms with Gasteiger partial charge in [-0.2, -0.15) is 0 Å². The monoisotopic (exact) mass is 446 g/mol. The Balaban J connectivity index is 2.13. The van der Waals surface area contributed by atoms with E-state index in [0.29, 0.717) is 13.1 Å². The van der Waals surface area contributed by atoms with Crippen LogP contribution in [0, 0.1) is 6.92 Å². The SMILES string of the molecule is Cc1cc(N(CCO)CCO)ccc1C(=C1C=CC(=[N+](C)C)C=C1)c1ccc(N(C)C)cc1. The molecule has 1 aliphatic carbocycles. The second kappa shape index (κ2) is 11.1.